The maximum absolute atomic E-state index is 11.8. The smallest absolute Gasteiger partial charge is 0.399 e. The second-order valence-corrected chi connectivity index (χ2v) is 5.99. The number of aldehydes is 1. The van der Waals surface area contributed by atoms with E-state index in [0.717, 1.165) is 0 Å². The summed E-state index contributed by atoms with van der Waals surface area (Å²) >= 11 is 0. The van der Waals surface area contributed by atoms with Crippen LogP contribution in [0.25, 0.3) is 0 Å². The number of rotatable bonds is 3. The van der Waals surface area contributed by atoms with Crippen LogP contribution in [0.1, 0.15) is 48.5 Å². The van der Waals surface area contributed by atoms with Gasteiger partial charge >= 0.3 is 7.12 Å². The second-order valence-electron chi connectivity index (χ2n) is 5.99. The number of carbonyl (C=O) groups excluding carboxylic acids is 2. The van der Waals surface area contributed by atoms with Crippen LogP contribution in [0.3, 0.4) is 0 Å². The van der Waals surface area contributed by atoms with Gasteiger partial charge in [-0.1, -0.05) is 0 Å². The van der Waals surface area contributed by atoms with Crippen LogP contribution in [0.15, 0.2) is 12.3 Å². The molecule has 112 valence electrons. The van der Waals surface area contributed by atoms with Crippen LogP contribution in [-0.4, -0.2) is 42.5 Å². The molecule has 6 nitrogen and oxygen atoms in total. The minimum Gasteiger partial charge on any atom is -0.399 e. The topological polar surface area (TPSA) is 77.5 Å². The first kappa shape index (κ1) is 15.7. The molecule has 7 heteroatoms. The second kappa shape index (κ2) is 5.24. The summed E-state index contributed by atoms with van der Waals surface area (Å²) in [7, 11) is 0.880. The molecule has 1 fully saturated rings. The first-order chi connectivity index (χ1) is 9.71. The van der Waals surface area contributed by atoms with Crippen molar-refractivity contribution >= 4 is 24.8 Å². The molecule has 0 aromatic carbocycles. The van der Waals surface area contributed by atoms with Gasteiger partial charge in [-0.25, -0.2) is 0 Å². The molecule has 0 aliphatic carbocycles. The highest BCUT2D eigenvalue weighted by Gasteiger charge is 2.51. The predicted molar refractivity (Wildman–Crippen MR) is 78.7 cm³/mol. The molecular weight excluding hydrogens is 271 g/mol. The van der Waals surface area contributed by atoms with Crippen molar-refractivity contribution in [1.29, 1.82) is 0 Å². The summed E-state index contributed by atoms with van der Waals surface area (Å²) in [6.45, 7) is 7.78. The van der Waals surface area contributed by atoms with Gasteiger partial charge in [0.05, 0.1) is 16.8 Å². The average molecular weight is 290 g/mol. The molecule has 2 rings (SSSR count). The first-order valence-corrected chi connectivity index (χ1v) is 6.74. The third-order valence-electron chi connectivity index (χ3n) is 4.05. The molecule has 0 saturated carbocycles. The maximum atomic E-state index is 11.8. The highest BCUT2D eigenvalue weighted by molar-refractivity contribution is 6.62. The minimum atomic E-state index is -0.619. The molecule has 0 bridgehead atoms. The van der Waals surface area contributed by atoms with Crippen molar-refractivity contribution in [1.82, 2.24) is 10.3 Å². The third-order valence-corrected chi connectivity index (χ3v) is 4.05. The van der Waals surface area contributed by atoms with Crippen LogP contribution < -0.4 is 10.8 Å². The summed E-state index contributed by atoms with van der Waals surface area (Å²) in [4.78, 5) is 26.8. The van der Waals surface area contributed by atoms with Crippen molar-refractivity contribution in [3.63, 3.8) is 0 Å². The van der Waals surface area contributed by atoms with Gasteiger partial charge in [0.15, 0.2) is 6.29 Å². The van der Waals surface area contributed by atoms with E-state index in [9.17, 15) is 9.59 Å². The summed E-state index contributed by atoms with van der Waals surface area (Å²) in [6, 6.07) is 1.58. The van der Waals surface area contributed by atoms with E-state index in [1.807, 2.05) is 27.7 Å². The number of hydrogen-bond acceptors (Lipinski definition) is 5. The Morgan fingerprint density at radius 1 is 1.29 bits per heavy atom. The number of amides is 1. The zero-order valence-corrected chi connectivity index (χ0v) is 12.9. The zero-order chi connectivity index (χ0) is 15.8. The normalized spacial score (nSPS) is 19.4. The quantitative estimate of drug-likeness (QED) is 0.650. The molecule has 1 aliphatic rings. The van der Waals surface area contributed by atoms with Gasteiger partial charge in [0.2, 0.25) is 0 Å². The Morgan fingerprint density at radius 3 is 2.33 bits per heavy atom. The van der Waals surface area contributed by atoms with E-state index in [1.165, 1.54) is 13.2 Å². The molecule has 0 radical (unpaired) electrons. The third kappa shape index (κ3) is 2.71. The minimum absolute atomic E-state index is 0.0922. The lowest BCUT2D eigenvalue weighted by Gasteiger charge is -2.32. The number of nitrogens with one attached hydrogen (secondary N) is 1. The van der Waals surface area contributed by atoms with Crippen molar-refractivity contribution in [3.8, 4) is 0 Å². The molecule has 1 aromatic rings. The fraction of sp³-hybridized carbons (Fsp3) is 0.500. The largest absolute Gasteiger partial charge is 0.496 e. The number of nitrogens with zero attached hydrogens (tertiary/aromatic N) is 1. The standard InChI is InChI=1S/C14H19BN2O4/c1-13(2)14(3,4)21-15(20-13)9-6-10(12(19)16-5)11(8-18)17-7-9/h6-8H,1-5H3,(H,16,19). The Kier molecular flexibility index (Phi) is 3.90. The van der Waals surface area contributed by atoms with Crippen LogP contribution in [0.4, 0.5) is 0 Å². The molecule has 0 atom stereocenters. The molecule has 1 N–H and O–H groups in total. The van der Waals surface area contributed by atoms with Crippen molar-refractivity contribution in [2.45, 2.75) is 38.9 Å². The average Bonchev–Trinajstić information content (AvgIpc) is 2.66. The zero-order valence-electron chi connectivity index (χ0n) is 12.9. The van der Waals surface area contributed by atoms with E-state index in [2.05, 4.69) is 10.3 Å². The first-order valence-electron chi connectivity index (χ1n) is 6.74. The van der Waals surface area contributed by atoms with Crippen molar-refractivity contribution in [3.05, 3.63) is 23.5 Å². The lowest BCUT2D eigenvalue weighted by Crippen LogP contribution is -2.41. The Balaban J connectivity index is 2.39. The Hall–Kier alpha value is -1.73. The molecule has 1 aliphatic heterocycles. The van der Waals surface area contributed by atoms with Crippen LogP contribution >= 0.6 is 0 Å². The van der Waals surface area contributed by atoms with E-state index < -0.39 is 18.3 Å². The molecule has 1 saturated heterocycles. The van der Waals surface area contributed by atoms with E-state index in [0.29, 0.717) is 11.7 Å². The van der Waals surface area contributed by atoms with Crippen molar-refractivity contribution in [2.75, 3.05) is 7.05 Å². The van der Waals surface area contributed by atoms with E-state index >= 15 is 0 Å². The summed E-state index contributed by atoms with van der Waals surface area (Å²) in [5.41, 5.74) is -0.0466. The number of carbonyl (C=O) groups is 2. The van der Waals surface area contributed by atoms with E-state index in [1.54, 1.807) is 6.07 Å². The Morgan fingerprint density at radius 2 is 1.86 bits per heavy atom. The maximum Gasteiger partial charge on any atom is 0.496 e. The van der Waals surface area contributed by atoms with Crippen molar-refractivity contribution < 1.29 is 18.9 Å². The molecule has 21 heavy (non-hydrogen) atoms. The number of aromatic nitrogens is 1. The van der Waals surface area contributed by atoms with Crippen LogP contribution in [0.5, 0.6) is 0 Å². The predicted octanol–water partition coefficient (Wildman–Crippen LogP) is 0.553. The summed E-state index contributed by atoms with van der Waals surface area (Å²) < 4.78 is 11.8. The van der Waals surface area contributed by atoms with Gasteiger partial charge in [-0.2, -0.15) is 0 Å². The van der Waals surface area contributed by atoms with E-state index in [4.69, 9.17) is 9.31 Å². The summed E-state index contributed by atoms with van der Waals surface area (Å²) in [5, 5.41) is 2.49. The molecule has 1 amide bonds. The summed E-state index contributed by atoms with van der Waals surface area (Å²) in [6.07, 6.45) is 2.05. The highest BCUT2D eigenvalue weighted by Crippen LogP contribution is 2.36. The Bertz CT molecular complexity index is 570. The van der Waals surface area contributed by atoms with E-state index in [-0.39, 0.29) is 17.2 Å². The van der Waals surface area contributed by atoms with Crippen LogP contribution in [0, 0.1) is 0 Å². The highest BCUT2D eigenvalue weighted by atomic mass is 16.7. The number of hydrogen-bond donors (Lipinski definition) is 1. The van der Waals surface area contributed by atoms with Gasteiger partial charge in [0.25, 0.3) is 5.91 Å². The Labute approximate surface area is 124 Å². The van der Waals surface area contributed by atoms with Gasteiger partial charge in [-0.3, -0.25) is 14.6 Å². The molecule has 1 aromatic heterocycles. The fourth-order valence-corrected chi connectivity index (χ4v) is 2.01. The SMILES string of the molecule is CNC(=O)c1cc(B2OC(C)(C)C(C)(C)O2)cnc1C=O. The van der Waals surface area contributed by atoms with Gasteiger partial charge in [-0.15, -0.1) is 0 Å². The van der Waals surface area contributed by atoms with Gasteiger partial charge < -0.3 is 14.6 Å². The molecule has 2 heterocycles. The van der Waals surface area contributed by atoms with Crippen LogP contribution in [0.2, 0.25) is 0 Å². The van der Waals surface area contributed by atoms with Gasteiger partial charge in [0.1, 0.15) is 5.69 Å². The molecular formula is C14H19BN2O4. The lowest BCUT2D eigenvalue weighted by atomic mass is 9.79. The number of pyridine rings is 1. The van der Waals surface area contributed by atoms with Gasteiger partial charge in [0, 0.05) is 18.7 Å². The van der Waals surface area contributed by atoms with Crippen LogP contribution in [-0.2, 0) is 9.31 Å². The summed E-state index contributed by atoms with van der Waals surface area (Å²) in [5.74, 6) is -0.372. The van der Waals surface area contributed by atoms with Crippen molar-refractivity contribution in [2.24, 2.45) is 0 Å². The molecule has 0 unspecified atom stereocenters. The monoisotopic (exact) mass is 290 g/mol. The van der Waals surface area contributed by atoms with Gasteiger partial charge in [-0.05, 0) is 33.8 Å². The molecule has 0 spiro atoms. The fourth-order valence-electron chi connectivity index (χ4n) is 2.01. The lowest BCUT2D eigenvalue weighted by molar-refractivity contribution is 0.00578.